The van der Waals surface area contributed by atoms with E-state index in [9.17, 15) is 4.79 Å². The van der Waals surface area contributed by atoms with Gasteiger partial charge in [0, 0.05) is 12.3 Å². The Kier molecular flexibility index (Phi) is 3.44. The van der Waals surface area contributed by atoms with E-state index < -0.39 is 5.97 Å². The van der Waals surface area contributed by atoms with Gasteiger partial charge < -0.3 is 9.47 Å². The highest BCUT2D eigenvalue weighted by atomic mass is 16.5. The third kappa shape index (κ3) is 2.45. The van der Waals surface area contributed by atoms with Crippen molar-refractivity contribution < 1.29 is 14.3 Å². The zero-order valence-electron chi connectivity index (χ0n) is 7.56. The summed E-state index contributed by atoms with van der Waals surface area (Å²) in [6.45, 7) is -0.0996. The van der Waals surface area contributed by atoms with Gasteiger partial charge in [-0.3, -0.25) is 0 Å². The molecule has 0 saturated carbocycles. The number of nitrogens with zero attached hydrogens (tertiary/aromatic N) is 2. The highest BCUT2D eigenvalue weighted by Crippen LogP contribution is 2.09. The van der Waals surface area contributed by atoms with E-state index >= 15 is 0 Å². The van der Waals surface area contributed by atoms with Crippen LogP contribution in [0.1, 0.15) is 10.4 Å². The maximum Gasteiger partial charge on any atom is 0.338 e. The van der Waals surface area contributed by atoms with Crippen molar-refractivity contribution in [3.05, 3.63) is 23.9 Å². The molecular formula is C9H8N2O3. The van der Waals surface area contributed by atoms with Crippen LogP contribution in [0.3, 0.4) is 0 Å². The molecule has 5 nitrogen and oxygen atoms in total. The van der Waals surface area contributed by atoms with Crippen LogP contribution >= 0.6 is 0 Å². The first-order valence-corrected chi connectivity index (χ1v) is 3.82. The third-order valence-corrected chi connectivity index (χ3v) is 1.44. The Labute approximate surface area is 80.9 Å². The number of hydrogen-bond acceptors (Lipinski definition) is 5. The van der Waals surface area contributed by atoms with Crippen LogP contribution in [0, 0.1) is 11.3 Å². The number of ether oxygens (including phenoxy) is 2. The molecule has 0 aliphatic carbocycles. The molecule has 0 unspecified atom stereocenters. The molecule has 0 amide bonds. The van der Waals surface area contributed by atoms with Crippen LogP contribution in [0.5, 0.6) is 5.88 Å². The number of pyridine rings is 1. The predicted molar refractivity (Wildman–Crippen MR) is 46.7 cm³/mol. The van der Waals surface area contributed by atoms with E-state index in [4.69, 9.17) is 10.00 Å². The van der Waals surface area contributed by atoms with Crippen LogP contribution < -0.4 is 4.74 Å². The molecule has 14 heavy (non-hydrogen) atoms. The quantitative estimate of drug-likeness (QED) is 0.661. The lowest BCUT2D eigenvalue weighted by Crippen LogP contribution is -2.03. The van der Waals surface area contributed by atoms with Crippen molar-refractivity contribution in [1.82, 2.24) is 4.98 Å². The first kappa shape index (κ1) is 9.99. The van der Waals surface area contributed by atoms with E-state index in [2.05, 4.69) is 9.72 Å². The average Bonchev–Trinajstić information content (AvgIpc) is 2.25. The monoisotopic (exact) mass is 192 g/mol. The summed E-state index contributed by atoms with van der Waals surface area (Å²) in [5.74, 6) is -0.233. The maximum absolute atomic E-state index is 11.1. The van der Waals surface area contributed by atoms with Crippen LogP contribution in [0.15, 0.2) is 18.3 Å². The molecule has 0 radical (unpaired) electrons. The minimum absolute atomic E-state index is 0.0996. The van der Waals surface area contributed by atoms with Crippen molar-refractivity contribution >= 4 is 5.97 Å². The lowest BCUT2D eigenvalue weighted by Gasteiger charge is -2.02. The highest BCUT2D eigenvalue weighted by molar-refractivity contribution is 5.89. The van der Waals surface area contributed by atoms with Crippen molar-refractivity contribution in [3.63, 3.8) is 0 Å². The lowest BCUT2D eigenvalue weighted by molar-refractivity contribution is 0.0600. The molecule has 1 aromatic heterocycles. The second kappa shape index (κ2) is 4.82. The van der Waals surface area contributed by atoms with Gasteiger partial charge in [-0.25, -0.2) is 9.78 Å². The topological polar surface area (TPSA) is 72.2 Å². The molecule has 1 heterocycles. The Bertz CT molecular complexity index is 371. The highest BCUT2D eigenvalue weighted by Gasteiger charge is 2.06. The molecule has 0 spiro atoms. The lowest BCUT2D eigenvalue weighted by atomic mass is 10.3. The maximum atomic E-state index is 11.1. The van der Waals surface area contributed by atoms with Gasteiger partial charge in [0.05, 0.1) is 12.7 Å². The largest absolute Gasteiger partial charge is 0.465 e. The molecule has 0 aliphatic heterocycles. The van der Waals surface area contributed by atoms with Crippen LogP contribution in [0.4, 0.5) is 0 Å². The van der Waals surface area contributed by atoms with Crippen molar-refractivity contribution in [2.24, 2.45) is 0 Å². The van der Waals surface area contributed by atoms with Gasteiger partial charge in [-0.1, -0.05) is 0 Å². The van der Waals surface area contributed by atoms with Gasteiger partial charge in [0.15, 0.2) is 6.61 Å². The van der Waals surface area contributed by atoms with Gasteiger partial charge in [-0.15, -0.1) is 0 Å². The van der Waals surface area contributed by atoms with Crippen LogP contribution in [0.2, 0.25) is 0 Å². The molecule has 0 atom stereocenters. The van der Waals surface area contributed by atoms with Gasteiger partial charge >= 0.3 is 5.97 Å². The number of methoxy groups -OCH3 is 1. The van der Waals surface area contributed by atoms with E-state index in [1.54, 1.807) is 6.07 Å². The molecule has 1 rings (SSSR count). The fourth-order valence-corrected chi connectivity index (χ4v) is 0.839. The molecule has 0 aliphatic rings. The van der Waals surface area contributed by atoms with Gasteiger partial charge in [-0.2, -0.15) is 5.26 Å². The summed E-state index contributed by atoms with van der Waals surface area (Å²) in [5, 5.41) is 8.26. The Morgan fingerprint density at radius 3 is 3.14 bits per heavy atom. The normalized spacial score (nSPS) is 8.86. The molecular weight excluding hydrogens is 184 g/mol. The van der Waals surface area contributed by atoms with E-state index in [0.717, 1.165) is 0 Å². The summed E-state index contributed by atoms with van der Waals surface area (Å²) >= 11 is 0. The zero-order chi connectivity index (χ0) is 10.4. The van der Waals surface area contributed by atoms with Crippen molar-refractivity contribution in [1.29, 1.82) is 5.26 Å². The van der Waals surface area contributed by atoms with E-state index in [1.165, 1.54) is 25.4 Å². The minimum atomic E-state index is -0.464. The number of carbonyl (C=O) groups is 1. The molecule has 72 valence electrons. The van der Waals surface area contributed by atoms with E-state index in [0.29, 0.717) is 5.56 Å². The molecule has 5 heteroatoms. The second-order valence-corrected chi connectivity index (χ2v) is 2.32. The summed E-state index contributed by atoms with van der Waals surface area (Å²) in [6, 6.07) is 4.73. The van der Waals surface area contributed by atoms with E-state index in [1.807, 2.05) is 0 Å². The summed E-state index contributed by atoms with van der Waals surface area (Å²) < 4.78 is 9.42. The minimum Gasteiger partial charge on any atom is -0.465 e. The standard InChI is InChI=1S/C9H8N2O3/c1-13-9(12)7-2-4-11-8(6-7)14-5-3-10/h2,4,6H,5H2,1H3. The fraction of sp³-hybridized carbons (Fsp3) is 0.222. The number of rotatable bonds is 3. The second-order valence-electron chi connectivity index (χ2n) is 2.32. The molecule has 0 fully saturated rings. The summed E-state index contributed by atoms with van der Waals surface area (Å²) in [7, 11) is 1.29. The SMILES string of the molecule is COC(=O)c1ccnc(OCC#N)c1. The number of nitriles is 1. The molecule has 0 bridgehead atoms. The van der Waals surface area contributed by atoms with Crippen molar-refractivity contribution in [2.75, 3.05) is 13.7 Å². The molecule has 1 aromatic rings. The van der Waals surface area contributed by atoms with Gasteiger partial charge in [-0.05, 0) is 6.07 Å². The number of carbonyl (C=O) groups excluding carboxylic acids is 1. The summed E-state index contributed by atoms with van der Waals surface area (Å²) in [4.78, 5) is 14.9. The van der Waals surface area contributed by atoms with Crippen molar-refractivity contribution in [3.8, 4) is 11.9 Å². The number of hydrogen-bond donors (Lipinski definition) is 0. The molecule has 0 N–H and O–H groups in total. The Balaban J connectivity index is 2.79. The van der Waals surface area contributed by atoms with E-state index in [-0.39, 0.29) is 12.5 Å². The Morgan fingerprint density at radius 1 is 1.71 bits per heavy atom. The van der Waals surface area contributed by atoms with Gasteiger partial charge in [0.1, 0.15) is 6.07 Å². The fourth-order valence-electron chi connectivity index (χ4n) is 0.839. The van der Waals surface area contributed by atoms with Crippen LogP contribution in [0.25, 0.3) is 0 Å². The van der Waals surface area contributed by atoms with Crippen LogP contribution in [-0.2, 0) is 4.74 Å². The smallest absolute Gasteiger partial charge is 0.338 e. The van der Waals surface area contributed by atoms with Gasteiger partial charge in [0.25, 0.3) is 0 Å². The number of esters is 1. The zero-order valence-corrected chi connectivity index (χ0v) is 7.56. The summed E-state index contributed by atoms with van der Waals surface area (Å²) in [5.41, 5.74) is 0.343. The van der Waals surface area contributed by atoms with Gasteiger partial charge in [0.2, 0.25) is 5.88 Å². The molecule has 0 aromatic carbocycles. The average molecular weight is 192 g/mol. The first-order chi connectivity index (χ1) is 6.77. The van der Waals surface area contributed by atoms with Crippen molar-refractivity contribution in [2.45, 2.75) is 0 Å². The third-order valence-electron chi connectivity index (χ3n) is 1.44. The molecule has 0 saturated heterocycles. The van der Waals surface area contributed by atoms with Crippen LogP contribution in [-0.4, -0.2) is 24.7 Å². The predicted octanol–water partition coefficient (Wildman–Crippen LogP) is 0.771. The number of aromatic nitrogens is 1. The Hall–Kier alpha value is -2.09. The summed E-state index contributed by atoms with van der Waals surface area (Å²) in [6.07, 6.45) is 1.42. The first-order valence-electron chi connectivity index (χ1n) is 3.82. The Morgan fingerprint density at radius 2 is 2.50 bits per heavy atom.